The van der Waals surface area contributed by atoms with Crippen molar-refractivity contribution in [2.75, 3.05) is 0 Å². The van der Waals surface area contributed by atoms with E-state index in [9.17, 15) is 4.79 Å². The minimum absolute atomic E-state index is 0.0236. The minimum atomic E-state index is -0.0236. The van der Waals surface area contributed by atoms with E-state index in [1.807, 2.05) is 42.1 Å². The number of hydrogen-bond acceptors (Lipinski definition) is 5. The van der Waals surface area contributed by atoms with Crippen molar-refractivity contribution in [3.8, 4) is 11.3 Å². The molecule has 7 heteroatoms. The van der Waals surface area contributed by atoms with E-state index in [1.165, 1.54) is 0 Å². The Balaban J connectivity index is 1.67. The maximum absolute atomic E-state index is 12.3. The Hall–Kier alpha value is -3.35. The van der Waals surface area contributed by atoms with Crippen LogP contribution in [0, 0.1) is 0 Å². The highest BCUT2D eigenvalue weighted by Gasteiger charge is 2.12. The van der Waals surface area contributed by atoms with Crippen LogP contribution in [0.5, 0.6) is 0 Å². The lowest BCUT2D eigenvalue weighted by Gasteiger charge is -2.05. The Morgan fingerprint density at radius 3 is 2.72 bits per heavy atom. The van der Waals surface area contributed by atoms with E-state index in [0.717, 1.165) is 22.2 Å². The van der Waals surface area contributed by atoms with Crippen LogP contribution in [0.4, 0.5) is 0 Å². The molecule has 0 radical (unpaired) electrons. The van der Waals surface area contributed by atoms with E-state index in [0.29, 0.717) is 11.3 Å². The van der Waals surface area contributed by atoms with Crippen LogP contribution in [0.1, 0.15) is 16.1 Å². The summed E-state index contributed by atoms with van der Waals surface area (Å²) in [7, 11) is 3.74. The average Bonchev–Trinajstić information content (AvgIpc) is 3.22. The monoisotopic (exact) mass is 332 g/mol. The first kappa shape index (κ1) is 15.2. The van der Waals surface area contributed by atoms with E-state index < -0.39 is 0 Å². The molecule has 1 aromatic carbocycles. The quantitative estimate of drug-likeness (QED) is 0.535. The first-order valence-corrected chi connectivity index (χ1v) is 7.85. The Bertz CT molecular complexity index is 1080. The lowest BCUT2D eigenvalue weighted by atomic mass is 10.1. The molecule has 0 saturated heterocycles. The average molecular weight is 332 g/mol. The number of rotatable bonds is 4. The molecule has 0 fully saturated rings. The van der Waals surface area contributed by atoms with Gasteiger partial charge in [0.05, 0.1) is 47.6 Å². The largest absolute Gasteiger partial charge is 0.334 e. The van der Waals surface area contributed by atoms with Gasteiger partial charge in [-0.3, -0.25) is 9.48 Å². The smallest absolute Gasteiger partial charge is 0.172 e. The van der Waals surface area contributed by atoms with Gasteiger partial charge in [0.2, 0.25) is 0 Å². The highest BCUT2D eigenvalue weighted by atomic mass is 16.1. The van der Waals surface area contributed by atoms with Crippen molar-refractivity contribution in [2.24, 2.45) is 14.1 Å². The van der Waals surface area contributed by atoms with Crippen LogP contribution >= 0.6 is 0 Å². The Labute approximate surface area is 144 Å². The molecule has 25 heavy (non-hydrogen) atoms. The molecule has 0 unspecified atom stereocenters. The third-order valence-corrected chi connectivity index (χ3v) is 4.12. The summed E-state index contributed by atoms with van der Waals surface area (Å²) >= 11 is 0. The van der Waals surface area contributed by atoms with Gasteiger partial charge in [0.25, 0.3) is 0 Å². The van der Waals surface area contributed by atoms with Crippen molar-refractivity contribution in [3.05, 3.63) is 60.4 Å². The minimum Gasteiger partial charge on any atom is -0.334 e. The fraction of sp³-hybridized carbons (Fsp3) is 0.167. The molecule has 3 heterocycles. The highest BCUT2D eigenvalue weighted by Crippen LogP contribution is 2.23. The number of carbonyl (C=O) groups excluding carboxylic acids is 1. The van der Waals surface area contributed by atoms with Crippen molar-refractivity contribution in [2.45, 2.75) is 6.42 Å². The molecule has 3 aromatic heterocycles. The van der Waals surface area contributed by atoms with Gasteiger partial charge < -0.3 is 4.57 Å². The normalized spacial score (nSPS) is 11.1. The van der Waals surface area contributed by atoms with Gasteiger partial charge in [-0.15, -0.1) is 0 Å². The number of ketones is 1. The highest BCUT2D eigenvalue weighted by molar-refractivity contribution is 5.97. The molecule has 124 valence electrons. The van der Waals surface area contributed by atoms with Gasteiger partial charge in [-0.1, -0.05) is 6.07 Å². The van der Waals surface area contributed by atoms with Crippen LogP contribution in [0.2, 0.25) is 0 Å². The molecule has 0 aliphatic heterocycles. The van der Waals surface area contributed by atoms with Gasteiger partial charge >= 0.3 is 0 Å². The maximum Gasteiger partial charge on any atom is 0.172 e. The second-order valence-corrected chi connectivity index (χ2v) is 6.00. The molecule has 0 amide bonds. The summed E-state index contributed by atoms with van der Waals surface area (Å²) in [6.07, 6.45) is 7.06. The fourth-order valence-corrected chi connectivity index (χ4v) is 2.80. The maximum atomic E-state index is 12.3. The van der Waals surface area contributed by atoms with E-state index in [1.54, 1.807) is 30.5 Å². The summed E-state index contributed by atoms with van der Waals surface area (Å²) < 4.78 is 3.57. The van der Waals surface area contributed by atoms with E-state index >= 15 is 0 Å². The standard InChI is InChI=1S/C18H16N6O/c1-23-11-19-9-17(23)12-3-4-16-13(5-12)6-15(21-22-16)7-18(25)14-8-20-24(2)10-14/h3-6,8-11H,7H2,1-2H3. The number of fused-ring (bicyclic) bond motifs is 1. The predicted octanol–water partition coefficient (Wildman–Crippen LogP) is 2.19. The summed E-state index contributed by atoms with van der Waals surface area (Å²) in [4.78, 5) is 16.5. The van der Waals surface area contributed by atoms with Gasteiger partial charge in [-0.25, -0.2) is 4.98 Å². The Morgan fingerprint density at radius 1 is 1.12 bits per heavy atom. The number of aromatic nitrogens is 6. The molecular weight excluding hydrogens is 316 g/mol. The summed E-state index contributed by atoms with van der Waals surface area (Å²) in [5.74, 6) is -0.0236. The number of carbonyl (C=O) groups is 1. The lowest BCUT2D eigenvalue weighted by Crippen LogP contribution is -2.05. The molecule has 0 N–H and O–H groups in total. The number of Topliss-reactive ketones (excluding diaryl/α,β-unsaturated/α-hetero) is 1. The third kappa shape index (κ3) is 2.91. The second kappa shape index (κ2) is 5.94. The van der Waals surface area contributed by atoms with Crippen LogP contribution in [0.15, 0.2) is 49.2 Å². The zero-order chi connectivity index (χ0) is 17.4. The second-order valence-electron chi connectivity index (χ2n) is 6.00. The molecule has 0 saturated carbocycles. The van der Waals surface area contributed by atoms with E-state index in [-0.39, 0.29) is 12.2 Å². The van der Waals surface area contributed by atoms with Gasteiger partial charge in [0, 0.05) is 31.2 Å². The van der Waals surface area contributed by atoms with Crippen molar-refractivity contribution >= 4 is 16.7 Å². The van der Waals surface area contributed by atoms with Gasteiger partial charge in [0.15, 0.2) is 5.78 Å². The van der Waals surface area contributed by atoms with Crippen molar-refractivity contribution < 1.29 is 4.79 Å². The van der Waals surface area contributed by atoms with Crippen molar-refractivity contribution in [1.29, 1.82) is 0 Å². The summed E-state index contributed by atoms with van der Waals surface area (Å²) in [6.45, 7) is 0. The zero-order valence-electron chi connectivity index (χ0n) is 13.9. The fourth-order valence-electron chi connectivity index (χ4n) is 2.80. The predicted molar refractivity (Wildman–Crippen MR) is 93.0 cm³/mol. The number of aryl methyl sites for hydroxylation is 2. The summed E-state index contributed by atoms with van der Waals surface area (Å²) in [6, 6.07) is 7.88. The number of imidazole rings is 1. The van der Waals surface area contributed by atoms with Crippen molar-refractivity contribution in [3.63, 3.8) is 0 Å². The SMILES string of the molecule is Cn1cc(C(=O)Cc2cc3cc(-c4cncn4C)ccc3nn2)cn1. The van der Waals surface area contributed by atoms with E-state index in [2.05, 4.69) is 20.3 Å². The summed E-state index contributed by atoms with van der Waals surface area (Å²) in [5, 5.41) is 13.4. The Kier molecular flexibility index (Phi) is 3.61. The van der Waals surface area contributed by atoms with Crippen LogP contribution < -0.4 is 0 Å². The van der Waals surface area contributed by atoms with Crippen LogP contribution in [-0.4, -0.2) is 35.3 Å². The molecule has 0 aliphatic carbocycles. The number of nitrogens with zero attached hydrogens (tertiary/aromatic N) is 6. The van der Waals surface area contributed by atoms with E-state index in [4.69, 9.17) is 0 Å². The molecule has 0 atom stereocenters. The topological polar surface area (TPSA) is 78.5 Å². The third-order valence-electron chi connectivity index (χ3n) is 4.12. The molecule has 4 rings (SSSR count). The number of hydrogen-bond donors (Lipinski definition) is 0. The number of benzene rings is 1. The summed E-state index contributed by atoms with van der Waals surface area (Å²) in [5.41, 5.74) is 4.08. The molecule has 0 aliphatic rings. The van der Waals surface area contributed by atoms with Crippen molar-refractivity contribution in [1.82, 2.24) is 29.5 Å². The zero-order valence-corrected chi connectivity index (χ0v) is 13.9. The lowest BCUT2D eigenvalue weighted by molar-refractivity contribution is 0.0991. The van der Waals surface area contributed by atoms with Crippen LogP contribution in [-0.2, 0) is 20.5 Å². The first-order chi connectivity index (χ1) is 12.1. The molecule has 4 aromatic rings. The Morgan fingerprint density at radius 2 is 2.00 bits per heavy atom. The first-order valence-electron chi connectivity index (χ1n) is 7.85. The molecule has 7 nitrogen and oxygen atoms in total. The molecular formula is C18H16N6O. The van der Waals surface area contributed by atoms with Gasteiger partial charge in [-0.05, 0) is 18.2 Å². The van der Waals surface area contributed by atoms with Crippen LogP contribution in [0.25, 0.3) is 22.2 Å². The molecule has 0 spiro atoms. The van der Waals surface area contributed by atoms with Crippen LogP contribution in [0.3, 0.4) is 0 Å². The molecule has 0 bridgehead atoms. The van der Waals surface area contributed by atoms with Gasteiger partial charge in [-0.2, -0.15) is 15.3 Å². The van der Waals surface area contributed by atoms with Gasteiger partial charge in [0.1, 0.15) is 0 Å².